The van der Waals surface area contributed by atoms with Gasteiger partial charge >= 0.3 is 5.97 Å². The highest BCUT2D eigenvalue weighted by atomic mass is 16.5. The molecule has 72 heavy (non-hydrogen) atoms. The number of phenolic OH excluding ortho intramolecular Hbond substituents is 1. The first-order chi connectivity index (χ1) is 34.7. The number of hydrogen-bond acceptors (Lipinski definition) is 19. The lowest BCUT2D eigenvalue weighted by molar-refractivity contribution is -0.139. The first kappa shape index (κ1) is 54.8. The lowest BCUT2D eigenvalue weighted by atomic mass is 9.98. The number of piperazine rings is 2. The molecule has 3 aromatic heterocycles. The smallest absolute Gasteiger partial charge is 0.303 e. The van der Waals surface area contributed by atoms with Crippen molar-refractivity contribution in [2.45, 2.75) is 84.0 Å². The molecule has 2 fully saturated rings. The molecule has 4 aromatic rings. The van der Waals surface area contributed by atoms with Gasteiger partial charge in [0.2, 0.25) is 29.7 Å². The third kappa shape index (κ3) is 15.7. The number of carboxylic acid groups (broad SMARTS) is 1. The van der Waals surface area contributed by atoms with E-state index in [1.807, 2.05) is 14.7 Å². The van der Waals surface area contributed by atoms with E-state index in [2.05, 4.69) is 59.6 Å². The van der Waals surface area contributed by atoms with Crippen LogP contribution in [0.3, 0.4) is 0 Å². The largest absolute Gasteiger partial charge is 0.508 e. The van der Waals surface area contributed by atoms with Crippen LogP contribution in [-0.4, -0.2) is 181 Å². The number of nitrogens with zero attached hydrogens (tertiary/aromatic N) is 13. The van der Waals surface area contributed by atoms with Gasteiger partial charge in [-0.25, -0.2) is 9.36 Å². The molecule has 24 heteroatoms. The standard InChI is InChI=1S/C48H72N16O8/c1-6-23-70-25-27-72-28-26-71-24-14-51-46-52-47(61-19-15-59(16-20-61)44(68)40(12-13-42(66)67)63-31-38(55-57-63)37(49)29-33(3)4)54-48(53-46)62-21-17-60(18-22-62)45(69)41(30-35-8-10-36(65)11-9-35)64-32-39(56-58-64)43(50)34(5)7-2/h1,8-11,31-34,37,40-41,43,65H,7,12-30,49-50H2,2-5H3,(H,66,67)(H,51,52,53,54)/t34-,37?,40+,41-,43?/m1/s1. The minimum Gasteiger partial charge on any atom is -0.508 e. The Labute approximate surface area is 420 Å². The molecule has 5 heterocycles. The quantitative estimate of drug-likeness (QED) is 0.0401. The van der Waals surface area contributed by atoms with Gasteiger partial charge in [0.1, 0.15) is 24.4 Å². The molecule has 2 aliphatic heterocycles. The minimum absolute atomic E-state index is 0.0354. The van der Waals surface area contributed by atoms with Gasteiger partial charge in [-0.1, -0.05) is 62.6 Å². The number of nitrogens with one attached hydrogen (secondary N) is 1. The van der Waals surface area contributed by atoms with Crippen LogP contribution in [0, 0.1) is 24.2 Å². The molecule has 0 spiro atoms. The van der Waals surface area contributed by atoms with Crippen LogP contribution in [0.4, 0.5) is 17.8 Å². The van der Waals surface area contributed by atoms with Gasteiger partial charge in [0, 0.05) is 71.7 Å². The summed E-state index contributed by atoms with van der Waals surface area (Å²) in [4.78, 5) is 62.4. The molecule has 7 N–H and O–H groups in total. The van der Waals surface area contributed by atoms with Crippen LogP contribution in [0.25, 0.3) is 0 Å². The van der Waals surface area contributed by atoms with Crippen molar-refractivity contribution >= 4 is 35.6 Å². The highest BCUT2D eigenvalue weighted by Gasteiger charge is 2.34. The van der Waals surface area contributed by atoms with Crippen molar-refractivity contribution in [1.29, 1.82) is 0 Å². The molecule has 5 atom stereocenters. The molecule has 392 valence electrons. The van der Waals surface area contributed by atoms with Crippen molar-refractivity contribution in [1.82, 2.24) is 54.7 Å². The number of anilines is 3. The zero-order valence-corrected chi connectivity index (χ0v) is 42.0. The number of amides is 2. The van der Waals surface area contributed by atoms with Gasteiger partial charge in [-0.3, -0.25) is 14.4 Å². The molecule has 0 saturated carbocycles. The number of rotatable bonds is 28. The van der Waals surface area contributed by atoms with E-state index in [1.54, 1.807) is 46.2 Å². The molecular formula is C48H72N16O8. The van der Waals surface area contributed by atoms with Crippen molar-refractivity contribution in [3.05, 3.63) is 53.6 Å². The fourth-order valence-electron chi connectivity index (χ4n) is 8.36. The van der Waals surface area contributed by atoms with Gasteiger partial charge in [0.05, 0.1) is 68.9 Å². The molecule has 2 amide bonds. The molecule has 1 aromatic carbocycles. The first-order valence-corrected chi connectivity index (χ1v) is 24.8. The maximum atomic E-state index is 14.5. The number of carbonyl (C=O) groups excluding carboxylic acids is 2. The number of aromatic hydroxyl groups is 1. The second-order valence-corrected chi connectivity index (χ2v) is 18.5. The Morgan fingerprint density at radius 2 is 1.31 bits per heavy atom. The van der Waals surface area contributed by atoms with Gasteiger partial charge in [0.25, 0.3) is 0 Å². The number of terminal acetylenes is 1. The Kier molecular flexibility index (Phi) is 20.8. The molecule has 0 bridgehead atoms. The van der Waals surface area contributed by atoms with Crippen LogP contribution in [0.1, 0.15) is 94.5 Å². The van der Waals surface area contributed by atoms with Crippen molar-refractivity contribution in [2.75, 3.05) is 114 Å². The van der Waals surface area contributed by atoms with E-state index in [9.17, 15) is 24.6 Å². The Morgan fingerprint density at radius 3 is 1.88 bits per heavy atom. The summed E-state index contributed by atoms with van der Waals surface area (Å²) in [6.07, 6.45) is 10.3. The predicted octanol–water partition coefficient (Wildman–Crippen LogP) is 1.83. The Balaban J connectivity index is 1.14. The van der Waals surface area contributed by atoms with Crippen LogP contribution in [0.15, 0.2) is 36.7 Å². The average molecular weight is 1000 g/mol. The number of aliphatic carboxylic acids is 1. The SMILES string of the molecule is C#CCOCCOCCOCCNc1nc(N2CCN(C(=O)[C@@H](Cc3ccc(O)cc3)n3cc(C(N)[C@H](C)CC)nn3)CC2)nc(N2CCN(C(=O)[C@H](CCC(=O)O)n3cc(C(N)CC(C)C)nn3)CC2)n1. The van der Waals surface area contributed by atoms with Crippen molar-refractivity contribution < 1.29 is 38.8 Å². The summed E-state index contributed by atoms with van der Waals surface area (Å²) in [7, 11) is 0. The van der Waals surface area contributed by atoms with Crippen molar-refractivity contribution in [2.24, 2.45) is 23.3 Å². The molecule has 0 radical (unpaired) electrons. The zero-order valence-electron chi connectivity index (χ0n) is 42.0. The second kappa shape index (κ2) is 27.3. The zero-order chi connectivity index (χ0) is 51.6. The van der Waals surface area contributed by atoms with Gasteiger partial charge in [-0.05, 0) is 42.4 Å². The number of benzene rings is 1. The van der Waals surface area contributed by atoms with Crippen LogP contribution in [0.2, 0.25) is 0 Å². The van der Waals surface area contributed by atoms with E-state index in [4.69, 9.17) is 47.1 Å². The number of nitrogens with two attached hydrogens (primary N) is 2. The summed E-state index contributed by atoms with van der Waals surface area (Å²) in [5.74, 6) is 2.78. The second-order valence-electron chi connectivity index (χ2n) is 18.5. The number of hydrogen-bond donors (Lipinski definition) is 5. The topological polar surface area (TPSA) is 296 Å². The number of aromatic nitrogens is 9. The Bertz CT molecular complexity index is 2360. The molecule has 0 aliphatic carbocycles. The number of phenols is 1. The minimum atomic E-state index is -1.02. The van der Waals surface area contributed by atoms with Crippen LogP contribution in [-0.2, 0) is 35.0 Å². The van der Waals surface area contributed by atoms with E-state index < -0.39 is 18.1 Å². The summed E-state index contributed by atoms with van der Waals surface area (Å²) in [5, 5.41) is 40.0. The summed E-state index contributed by atoms with van der Waals surface area (Å²) >= 11 is 0. The molecule has 2 aliphatic rings. The summed E-state index contributed by atoms with van der Waals surface area (Å²) in [5.41, 5.74) is 14.9. The van der Waals surface area contributed by atoms with E-state index in [1.165, 1.54) is 4.68 Å². The molecular weight excluding hydrogens is 929 g/mol. The van der Waals surface area contributed by atoms with Gasteiger partial charge in [0.15, 0.2) is 0 Å². The summed E-state index contributed by atoms with van der Waals surface area (Å²) in [6.45, 7) is 13.8. The van der Waals surface area contributed by atoms with Crippen molar-refractivity contribution in [3.8, 4) is 18.1 Å². The van der Waals surface area contributed by atoms with Gasteiger partial charge < -0.3 is 60.8 Å². The van der Waals surface area contributed by atoms with E-state index >= 15 is 0 Å². The lowest BCUT2D eigenvalue weighted by Crippen LogP contribution is -2.52. The molecule has 2 saturated heterocycles. The Morgan fingerprint density at radius 1 is 0.764 bits per heavy atom. The lowest BCUT2D eigenvalue weighted by Gasteiger charge is -2.38. The fourth-order valence-corrected chi connectivity index (χ4v) is 8.36. The average Bonchev–Trinajstić information content (AvgIpc) is 4.09. The van der Waals surface area contributed by atoms with Gasteiger partial charge in [-0.15, -0.1) is 16.6 Å². The third-order valence-corrected chi connectivity index (χ3v) is 12.8. The maximum absolute atomic E-state index is 14.5. The predicted molar refractivity (Wildman–Crippen MR) is 267 cm³/mol. The van der Waals surface area contributed by atoms with Crippen molar-refractivity contribution in [3.63, 3.8) is 0 Å². The number of carboxylic acids is 1. The van der Waals surface area contributed by atoms with Gasteiger partial charge in [-0.2, -0.15) is 15.0 Å². The highest BCUT2D eigenvalue weighted by molar-refractivity contribution is 5.82. The van der Waals surface area contributed by atoms with E-state index in [0.717, 1.165) is 12.0 Å². The maximum Gasteiger partial charge on any atom is 0.303 e. The first-order valence-electron chi connectivity index (χ1n) is 24.8. The highest BCUT2D eigenvalue weighted by Crippen LogP contribution is 2.27. The number of ether oxygens (including phenoxy) is 3. The Hall–Kier alpha value is -6.52. The fraction of sp³-hybridized carbons (Fsp3) is 0.625. The molecule has 24 nitrogen and oxygen atoms in total. The van der Waals surface area contributed by atoms with Crippen LogP contribution >= 0.6 is 0 Å². The van der Waals surface area contributed by atoms with Crippen LogP contribution in [0.5, 0.6) is 5.75 Å². The molecule has 2 unspecified atom stereocenters. The normalized spacial score (nSPS) is 16.3. The third-order valence-electron chi connectivity index (χ3n) is 12.8. The van der Waals surface area contributed by atoms with E-state index in [0.29, 0.717) is 140 Å². The van der Waals surface area contributed by atoms with Crippen LogP contribution < -0.4 is 26.6 Å². The summed E-state index contributed by atoms with van der Waals surface area (Å²) in [6, 6.07) is 4.47. The summed E-state index contributed by atoms with van der Waals surface area (Å²) < 4.78 is 19.6. The molecule has 6 rings (SSSR count). The van der Waals surface area contributed by atoms with E-state index in [-0.39, 0.29) is 55.0 Å². The monoisotopic (exact) mass is 1000 g/mol. The number of carbonyl (C=O) groups is 3.